The van der Waals surface area contributed by atoms with Gasteiger partial charge in [-0.25, -0.2) is 0 Å². The minimum absolute atomic E-state index is 0.0292. The molecule has 3 aromatic carbocycles. The smallest absolute Gasteiger partial charge is 0.261 e. The molecule has 7 heteroatoms. The zero-order valence-electron chi connectivity index (χ0n) is 22.4. The fraction of sp³-hybridized carbons (Fsp3) is 0.355. The second-order valence-corrected chi connectivity index (χ2v) is 10.6. The van der Waals surface area contributed by atoms with E-state index in [4.69, 9.17) is 27.9 Å². The molecule has 202 valence electrons. The fourth-order valence-electron chi connectivity index (χ4n) is 4.01. The van der Waals surface area contributed by atoms with Crippen molar-refractivity contribution in [1.29, 1.82) is 0 Å². The van der Waals surface area contributed by atoms with Crippen LogP contribution in [0.4, 0.5) is 0 Å². The molecule has 0 aliphatic rings. The molecule has 0 saturated heterocycles. The number of carbonyl (C=O) groups excluding carboxylic acids is 2. The fourth-order valence-corrected chi connectivity index (χ4v) is 4.33. The molecule has 0 radical (unpaired) electrons. The van der Waals surface area contributed by atoms with Gasteiger partial charge in [0.2, 0.25) is 5.91 Å². The van der Waals surface area contributed by atoms with E-state index < -0.39 is 6.04 Å². The van der Waals surface area contributed by atoms with Crippen molar-refractivity contribution in [2.45, 2.75) is 65.1 Å². The van der Waals surface area contributed by atoms with Crippen molar-refractivity contribution in [3.05, 3.63) is 99.5 Å². The molecule has 1 N–H and O–H groups in total. The highest BCUT2D eigenvalue weighted by Crippen LogP contribution is 2.25. The van der Waals surface area contributed by atoms with Gasteiger partial charge in [0, 0.05) is 19.0 Å². The molecule has 2 amide bonds. The van der Waals surface area contributed by atoms with Crippen molar-refractivity contribution < 1.29 is 14.3 Å². The highest BCUT2D eigenvalue weighted by atomic mass is 35.5. The Hall–Kier alpha value is -3.02. The van der Waals surface area contributed by atoms with E-state index in [9.17, 15) is 9.59 Å². The normalized spacial score (nSPS) is 12.6. The summed E-state index contributed by atoms with van der Waals surface area (Å²) in [5.41, 5.74) is 2.91. The number of benzene rings is 3. The number of halogens is 2. The molecule has 0 bridgehead atoms. The van der Waals surface area contributed by atoms with Crippen LogP contribution in [-0.4, -0.2) is 35.4 Å². The van der Waals surface area contributed by atoms with Gasteiger partial charge in [-0.05, 0) is 60.2 Å². The van der Waals surface area contributed by atoms with Gasteiger partial charge in [0.15, 0.2) is 6.61 Å². The molecule has 3 aromatic rings. The molecule has 0 aromatic heterocycles. The van der Waals surface area contributed by atoms with Gasteiger partial charge < -0.3 is 15.0 Å². The quantitative estimate of drug-likeness (QED) is 0.261. The predicted octanol–water partition coefficient (Wildman–Crippen LogP) is 7.05. The zero-order chi connectivity index (χ0) is 27.7. The van der Waals surface area contributed by atoms with Gasteiger partial charge in [0.1, 0.15) is 11.8 Å². The Labute approximate surface area is 236 Å². The summed E-state index contributed by atoms with van der Waals surface area (Å²) in [6.07, 6.45) is 1.14. The molecule has 38 heavy (non-hydrogen) atoms. The maximum absolute atomic E-state index is 13.7. The van der Waals surface area contributed by atoms with Crippen molar-refractivity contribution in [3.63, 3.8) is 0 Å². The molecule has 0 aliphatic carbocycles. The summed E-state index contributed by atoms with van der Waals surface area (Å²) < 4.78 is 5.88. The van der Waals surface area contributed by atoms with Crippen LogP contribution >= 0.6 is 23.2 Å². The first kappa shape index (κ1) is 29.5. The van der Waals surface area contributed by atoms with Crippen LogP contribution in [0.5, 0.6) is 5.75 Å². The van der Waals surface area contributed by atoms with Crippen molar-refractivity contribution >= 4 is 35.0 Å². The molecular formula is C31H36Cl2N2O3. The second kappa shape index (κ2) is 14.2. The van der Waals surface area contributed by atoms with E-state index in [1.807, 2.05) is 74.5 Å². The van der Waals surface area contributed by atoms with Crippen LogP contribution in [0.2, 0.25) is 10.0 Å². The molecule has 0 heterocycles. The first-order chi connectivity index (χ1) is 18.2. The first-order valence-electron chi connectivity index (χ1n) is 13.0. The van der Waals surface area contributed by atoms with Gasteiger partial charge in [-0.2, -0.15) is 0 Å². The maximum Gasteiger partial charge on any atom is 0.261 e. The number of hydrogen-bond donors (Lipinski definition) is 1. The van der Waals surface area contributed by atoms with E-state index in [-0.39, 0.29) is 31.0 Å². The van der Waals surface area contributed by atoms with Gasteiger partial charge in [-0.1, -0.05) is 92.5 Å². The molecule has 0 fully saturated rings. The summed E-state index contributed by atoms with van der Waals surface area (Å²) >= 11 is 12.4. The number of hydrogen-bond acceptors (Lipinski definition) is 3. The van der Waals surface area contributed by atoms with Crippen LogP contribution in [0.15, 0.2) is 72.8 Å². The standard InChI is InChI=1S/C31H36Cl2N2O3/c1-5-22(4)34-31(37)29(18-23-9-7-6-8-10-23)35(19-24-11-16-27(32)28(33)17-24)30(36)20-38-26-14-12-25(13-15-26)21(2)3/h6-17,21-22,29H,5,18-20H2,1-4H3,(H,34,37)/t22-,29-/m0/s1. The van der Waals surface area contributed by atoms with Crippen LogP contribution in [0.1, 0.15) is 56.7 Å². The van der Waals surface area contributed by atoms with Gasteiger partial charge in [0.05, 0.1) is 10.0 Å². The Morgan fingerprint density at radius 2 is 1.58 bits per heavy atom. The summed E-state index contributed by atoms with van der Waals surface area (Å²) in [7, 11) is 0. The zero-order valence-corrected chi connectivity index (χ0v) is 23.9. The third-order valence-corrected chi connectivity index (χ3v) is 7.26. The number of rotatable bonds is 12. The third kappa shape index (κ3) is 8.50. The summed E-state index contributed by atoms with van der Waals surface area (Å²) in [6.45, 7) is 8.18. The minimum atomic E-state index is -0.750. The maximum atomic E-state index is 13.7. The van der Waals surface area contributed by atoms with E-state index in [1.54, 1.807) is 17.0 Å². The van der Waals surface area contributed by atoms with E-state index in [1.165, 1.54) is 5.56 Å². The van der Waals surface area contributed by atoms with Crippen LogP contribution in [0.25, 0.3) is 0 Å². The van der Waals surface area contributed by atoms with Crippen molar-refractivity contribution in [2.24, 2.45) is 0 Å². The van der Waals surface area contributed by atoms with Crippen molar-refractivity contribution in [3.8, 4) is 5.75 Å². The topological polar surface area (TPSA) is 58.6 Å². The van der Waals surface area contributed by atoms with Crippen LogP contribution in [0.3, 0.4) is 0 Å². The lowest BCUT2D eigenvalue weighted by Crippen LogP contribution is -2.53. The van der Waals surface area contributed by atoms with Gasteiger partial charge in [0.25, 0.3) is 5.91 Å². The highest BCUT2D eigenvalue weighted by Gasteiger charge is 2.31. The summed E-state index contributed by atoms with van der Waals surface area (Å²) in [5.74, 6) is 0.484. The van der Waals surface area contributed by atoms with E-state index in [0.29, 0.717) is 28.1 Å². The summed E-state index contributed by atoms with van der Waals surface area (Å²) in [5, 5.41) is 3.88. The summed E-state index contributed by atoms with van der Waals surface area (Å²) in [6, 6.07) is 21.9. The van der Waals surface area contributed by atoms with Gasteiger partial charge in [-0.3, -0.25) is 9.59 Å². The number of ether oxygens (including phenoxy) is 1. The number of carbonyl (C=O) groups is 2. The molecular weight excluding hydrogens is 519 g/mol. The molecule has 2 atom stereocenters. The van der Waals surface area contributed by atoms with Crippen molar-refractivity contribution in [2.75, 3.05) is 6.61 Å². The summed E-state index contributed by atoms with van der Waals surface area (Å²) in [4.78, 5) is 28.8. The third-order valence-electron chi connectivity index (χ3n) is 6.52. The molecule has 3 rings (SSSR count). The highest BCUT2D eigenvalue weighted by molar-refractivity contribution is 6.42. The molecule has 0 spiro atoms. The molecule has 0 aliphatic heterocycles. The minimum Gasteiger partial charge on any atom is -0.484 e. The molecule has 0 unspecified atom stereocenters. The van der Waals surface area contributed by atoms with Crippen LogP contribution < -0.4 is 10.1 Å². The van der Waals surface area contributed by atoms with Crippen LogP contribution in [-0.2, 0) is 22.6 Å². The predicted molar refractivity (Wildman–Crippen MR) is 155 cm³/mol. The second-order valence-electron chi connectivity index (χ2n) is 9.81. The Morgan fingerprint density at radius 1 is 0.895 bits per heavy atom. The lowest BCUT2D eigenvalue weighted by Gasteiger charge is -2.32. The molecule has 0 saturated carbocycles. The Morgan fingerprint density at radius 3 is 2.18 bits per heavy atom. The van der Waals surface area contributed by atoms with Crippen LogP contribution in [0, 0.1) is 0 Å². The number of amides is 2. The van der Waals surface area contributed by atoms with E-state index >= 15 is 0 Å². The largest absolute Gasteiger partial charge is 0.484 e. The SMILES string of the molecule is CC[C@H](C)NC(=O)[C@H](Cc1ccccc1)N(Cc1ccc(Cl)c(Cl)c1)C(=O)COc1ccc(C(C)C)cc1. The Kier molecular flexibility index (Phi) is 11.1. The average molecular weight is 556 g/mol. The van der Waals surface area contributed by atoms with Crippen molar-refractivity contribution in [1.82, 2.24) is 10.2 Å². The number of nitrogens with zero attached hydrogens (tertiary/aromatic N) is 1. The average Bonchev–Trinajstić information content (AvgIpc) is 2.91. The first-order valence-corrected chi connectivity index (χ1v) is 13.7. The van der Waals surface area contributed by atoms with Gasteiger partial charge >= 0.3 is 0 Å². The van der Waals surface area contributed by atoms with Gasteiger partial charge in [-0.15, -0.1) is 0 Å². The van der Waals surface area contributed by atoms with E-state index in [2.05, 4.69) is 19.2 Å². The Bertz CT molecular complexity index is 1200. The lowest BCUT2D eigenvalue weighted by atomic mass is 10.0. The monoisotopic (exact) mass is 554 g/mol. The lowest BCUT2D eigenvalue weighted by molar-refractivity contribution is -0.143. The number of nitrogens with one attached hydrogen (secondary N) is 1. The Balaban J connectivity index is 1.91. The van der Waals surface area contributed by atoms with E-state index in [0.717, 1.165) is 17.5 Å². The molecule has 5 nitrogen and oxygen atoms in total.